The monoisotopic (exact) mass is 225 g/mol. The van der Waals surface area contributed by atoms with Crippen molar-refractivity contribution in [3.8, 4) is 0 Å². The first-order valence-corrected chi connectivity index (χ1v) is 5.03. The Kier molecular flexibility index (Phi) is 3.11. The van der Waals surface area contributed by atoms with Crippen molar-refractivity contribution in [1.82, 2.24) is 9.55 Å². The van der Waals surface area contributed by atoms with Crippen LogP contribution in [0.2, 0.25) is 0 Å². The zero-order valence-electron chi connectivity index (χ0n) is 9.85. The molecule has 0 spiro atoms. The molecule has 0 aliphatic rings. The van der Waals surface area contributed by atoms with Crippen LogP contribution in [0.5, 0.6) is 0 Å². The van der Waals surface area contributed by atoms with Crippen molar-refractivity contribution >= 4 is 5.69 Å². The van der Waals surface area contributed by atoms with E-state index in [0.717, 1.165) is 6.20 Å². The van der Waals surface area contributed by atoms with Crippen LogP contribution in [0, 0.1) is 10.1 Å². The Morgan fingerprint density at radius 2 is 2.06 bits per heavy atom. The number of hydrogen-bond donors (Lipinski definition) is 0. The molecule has 0 fully saturated rings. The molecule has 0 radical (unpaired) electrons. The third-order valence-corrected chi connectivity index (χ3v) is 2.21. The van der Waals surface area contributed by atoms with Crippen molar-refractivity contribution in [2.45, 2.75) is 39.7 Å². The van der Waals surface area contributed by atoms with Crippen LogP contribution in [0.1, 0.15) is 33.5 Å². The van der Waals surface area contributed by atoms with Crippen molar-refractivity contribution in [3.63, 3.8) is 0 Å². The lowest BCUT2D eigenvalue weighted by Gasteiger charge is -2.21. The fourth-order valence-corrected chi connectivity index (χ4v) is 1.50. The van der Waals surface area contributed by atoms with E-state index in [-0.39, 0.29) is 5.41 Å². The summed E-state index contributed by atoms with van der Waals surface area (Å²) in [5.41, 5.74) is -1.38. The van der Waals surface area contributed by atoms with E-state index in [1.807, 2.05) is 20.8 Å². The van der Waals surface area contributed by atoms with Crippen LogP contribution >= 0.6 is 0 Å². The maximum absolute atomic E-state index is 11.8. The van der Waals surface area contributed by atoms with Crippen LogP contribution in [-0.2, 0) is 12.0 Å². The molecule has 6 heteroatoms. The lowest BCUT2D eigenvalue weighted by molar-refractivity contribution is -0.386. The van der Waals surface area contributed by atoms with Crippen molar-refractivity contribution in [2.24, 2.45) is 0 Å². The van der Waals surface area contributed by atoms with Gasteiger partial charge in [0.25, 0.3) is 0 Å². The first-order valence-electron chi connectivity index (χ1n) is 5.03. The molecule has 0 aromatic carbocycles. The summed E-state index contributed by atoms with van der Waals surface area (Å²) in [5.74, 6) is 0.561. The Morgan fingerprint density at radius 1 is 1.50 bits per heavy atom. The highest BCUT2D eigenvalue weighted by atomic mass is 16.6. The van der Waals surface area contributed by atoms with Gasteiger partial charge in [0.05, 0.1) is 4.92 Å². The molecule has 88 valence electrons. The van der Waals surface area contributed by atoms with Crippen molar-refractivity contribution < 1.29 is 4.92 Å². The first kappa shape index (κ1) is 12.4. The van der Waals surface area contributed by atoms with E-state index in [1.165, 1.54) is 4.57 Å². The van der Waals surface area contributed by atoms with Gasteiger partial charge in [0.15, 0.2) is 0 Å². The molecule has 0 saturated heterocycles. The lowest BCUT2D eigenvalue weighted by Crippen LogP contribution is -2.31. The van der Waals surface area contributed by atoms with Gasteiger partial charge in [-0.05, 0) is 6.92 Å². The molecular formula is C10H15N3O3. The topological polar surface area (TPSA) is 78.0 Å². The third kappa shape index (κ3) is 2.10. The van der Waals surface area contributed by atoms with Gasteiger partial charge in [-0.3, -0.25) is 19.5 Å². The van der Waals surface area contributed by atoms with Crippen LogP contribution in [0.3, 0.4) is 0 Å². The van der Waals surface area contributed by atoms with Crippen LogP contribution in [0.4, 0.5) is 5.69 Å². The van der Waals surface area contributed by atoms with E-state index in [9.17, 15) is 14.9 Å². The Bertz CT molecular complexity index is 471. The SMILES string of the molecule is CCn1c(C(C)(C)C)ncc([N+](=O)[O-])c1=O. The fourth-order valence-electron chi connectivity index (χ4n) is 1.50. The highest BCUT2D eigenvalue weighted by Crippen LogP contribution is 2.19. The summed E-state index contributed by atoms with van der Waals surface area (Å²) < 4.78 is 1.35. The minimum Gasteiger partial charge on any atom is -0.291 e. The van der Waals surface area contributed by atoms with Crippen LogP contribution in [-0.4, -0.2) is 14.5 Å². The van der Waals surface area contributed by atoms with Crippen LogP contribution in [0.25, 0.3) is 0 Å². The molecule has 0 N–H and O–H groups in total. The molecule has 0 bridgehead atoms. The summed E-state index contributed by atoms with van der Waals surface area (Å²) in [6.45, 7) is 7.87. The van der Waals surface area contributed by atoms with Gasteiger partial charge in [-0.25, -0.2) is 4.98 Å². The number of nitro groups is 1. The Hall–Kier alpha value is -1.72. The summed E-state index contributed by atoms with van der Waals surface area (Å²) in [6, 6.07) is 0. The zero-order chi connectivity index (χ0) is 12.5. The van der Waals surface area contributed by atoms with Gasteiger partial charge in [-0.1, -0.05) is 20.8 Å². The Morgan fingerprint density at radius 3 is 2.44 bits per heavy atom. The largest absolute Gasteiger partial charge is 0.352 e. The van der Waals surface area contributed by atoms with Crippen molar-refractivity contribution in [1.29, 1.82) is 0 Å². The molecule has 16 heavy (non-hydrogen) atoms. The van der Waals surface area contributed by atoms with Gasteiger partial charge < -0.3 is 0 Å². The average Bonchev–Trinajstić information content (AvgIpc) is 2.15. The van der Waals surface area contributed by atoms with E-state index < -0.39 is 16.2 Å². The zero-order valence-corrected chi connectivity index (χ0v) is 9.85. The summed E-state index contributed by atoms with van der Waals surface area (Å²) in [6.07, 6.45) is 1.04. The molecule has 0 unspecified atom stereocenters. The molecule has 1 aromatic heterocycles. The summed E-state index contributed by atoms with van der Waals surface area (Å²) in [7, 11) is 0. The number of hydrogen-bond acceptors (Lipinski definition) is 4. The van der Waals surface area contributed by atoms with Crippen LogP contribution < -0.4 is 5.56 Å². The molecule has 1 aromatic rings. The first-order chi connectivity index (χ1) is 7.29. The molecule has 0 saturated carbocycles. The molecule has 6 nitrogen and oxygen atoms in total. The van der Waals surface area contributed by atoms with Gasteiger partial charge in [-0.15, -0.1) is 0 Å². The number of aromatic nitrogens is 2. The number of rotatable bonds is 2. The molecular weight excluding hydrogens is 210 g/mol. The maximum Gasteiger partial charge on any atom is 0.352 e. The van der Waals surface area contributed by atoms with E-state index in [1.54, 1.807) is 6.92 Å². The smallest absolute Gasteiger partial charge is 0.291 e. The maximum atomic E-state index is 11.8. The predicted molar refractivity (Wildman–Crippen MR) is 59.5 cm³/mol. The van der Waals surface area contributed by atoms with E-state index in [4.69, 9.17) is 0 Å². The highest BCUT2D eigenvalue weighted by molar-refractivity contribution is 5.24. The molecule has 1 heterocycles. The molecule has 1 rings (SSSR count). The second kappa shape index (κ2) is 4.03. The fraction of sp³-hybridized carbons (Fsp3) is 0.600. The third-order valence-electron chi connectivity index (χ3n) is 2.21. The Balaban J connectivity index is 3.54. The van der Waals surface area contributed by atoms with Gasteiger partial charge in [0.1, 0.15) is 12.0 Å². The quantitative estimate of drug-likeness (QED) is 0.564. The van der Waals surface area contributed by atoms with Crippen molar-refractivity contribution in [3.05, 3.63) is 32.5 Å². The van der Waals surface area contributed by atoms with E-state index >= 15 is 0 Å². The predicted octanol–water partition coefficient (Wildman–Crippen LogP) is 1.47. The Labute approximate surface area is 93.1 Å². The second-order valence-corrected chi connectivity index (χ2v) is 4.52. The van der Waals surface area contributed by atoms with Gasteiger partial charge >= 0.3 is 11.2 Å². The normalized spacial score (nSPS) is 11.5. The molecule has 0 aliphatic carbocycles. The lowest BCUT2D eigenvalue weighted by atomic mass is 9.95. The summed E-state index contributed by atoms with van der Waals surface area (Å²) >= 11 is 0. The standard InChI is InChI=1S/C10H15N3O3/c1-5-12-8(14)7(13(15)16)6-11-9(12)10(2,3)4/h6H,5H2,1-4H3. The average molecular weight is 225 g/mol. The van der Waals surface area contributed by atoms with E-state index in [2.05, 4.69) is 4.98 Å². The highest BCUT2D eigenvalue weighted by Gasteiger charge is 2.24. The van der Waals surface area contributed by atoms with Crippen LogP contribution in [0.15, 0.2) is 11.0 Å². The van der Waals surface area contributed by atoms with Gasteiger partial charge in [0, 0.05) is 12.0 Å². The minimum atomic E-state index is -0.700. The van der Waals surface area contributed by atoms with Gasteiger partial charge in [-0.2, -0.15) is 0 Å². The summed E-state index contributed by atoms with van der Waals surface area (Å²) in [5, 5.41) is 10.6. The molecule has 0 aliphatic heterocycles. The molecule has 0 amide bonds. The number of nitrogens with zero attached hydrogens (tertiary/aromatic N) is 3. The minimum absolute atomic E-state index is 0.315. The van der Waals surface area contributed by atoms with Crippen molar-refractivity contribution in [2.75, 3.05) is 0 Å². The van der Waals surface area contributed by atoms with E-state index in [0.29, 0.717) is 12.4 Å². The van der Waals surface area contributed by atoms with Gasteiger partial charge in [0.2, 0.25) is 0 Å². The summed E-state index contributed by atoms with van der Waals surface area (Å²) in [4.78, 5) is 25.7. The molecule has 0 atom stereocenters. The second-order valence-electron chi connectivity index (χ2n) is 4.52.